The van der Waals surface area contributed by atoms with Gasteiger partial charge in [0, 0.05) is 5.56 Å². The number of rotatable bonds is 5. The van der Waals surface area contributed by atoms with Gasteiger partial charge in [-0.25, -0.2) is 9.97 Å². The van der Waals surface area contributed by atoms with Gasteiger partial charge in [0.25, 0.3) is 5.91 Å². The van der Waals surface area contributed by atoms with E-state index in [4.69, 9.17) is 9.72 Å². The maximum Gasteiger partial charge on any atom is 0.260 e. The zero-order chi connectivity index (χ0) is 20.5. The fraction of sp³-hybridized carbons (Fsp3) is 0.0870. The standard InChI is InChI=1S/C23H17N3O2S2/c1-28-17-8-10-19-21(12-17)30-23(25-19)26(13-15-5-3-2-4-6-15)22(27)16-7-9-18-20(11-16)29-14-24-18/h2-12,14H,13H2,1H3. The number of amides is 1. The van der Waals surface area contributed by atoms with Gasteiger partial charge < -0.3 is 4.74 Å². The van der Waals surface area contributed by atoms with Gasteiger partial charge in [-0.1, -0.05) is 41.7 Å². The second-order valence-electron chi connectivity index (χ2n) is 6.74. The molecule has 0 atom stereocenters. The summed E-state index contributed by atoms with van der Waals surface area (Å²) in [7, 11) is 1.64. The van der Waals surface area contributed by atoms with Crippen LogP contribution in [0.5, 0.6) is 5.75 Å². The summed E-state index contributed by atoms with van der Waals surface area (Å²) in [4.78, 5) is 24.4. The third-order valence-electron chi connectivity index (χ3n) is 4.82. The van der Waals surface area contributed by atoms with E-state index in [2.05, 4.69) is 4.98 Å². The van der Waals surface area contributed by atoms with Crippen molar-refractivity contribution in [3.8, 4) is 5.75 Å². The number of methoxy groups -OCH3 is 1. The Morgan fingerprint density at radius 1 is 1.00 bits per heavy atom. The molecule has 0 fully saturated rings. The van der Waals surface area contributed by atoms with Crippen LogP contribution in [-0.2, 0) is 6.54 Å². The SMILES string of the molecule is COc1ccc2nc(N(Cc3ccccc3)C(=O)c3ccc4ncsc4c3)sc2c1. The van der Waals surface area contributed by atoms with E-state index in [1.54, 1.807) is 17.5 Å². The lowest BCUT2D eigenvalue weighted by Crippen LogP contribution is -2.30. The highest BCUT2D eigenvalue weighted by atomic mass is 32.1. The van der Waals surface area contributed by atoms with Gasteiger partial charge in [0.2, 0.25) is 0 Å². The van der Waals surface area contributed by atoms with Crippen molar-refractivity contribution in [3.63, 3.8) is 0 Å². The first kappa shape index (κ1) is 18.7. The number of anilines is 1. The lowest BCUT2D eigenvalue weighted by Gasteiger charge is -2.20. The molecule has 7 heteroatoms. The van der Waals surface area contributed by atoms with Crippen molar-refractivity contribution in [2.24, 2.45) is 0 Å². The van der Waals surface area contributed by atoms with E-state index in [-0.39, 0.29) is 5.91 Å². The number of carbonyl (C=O) groups is 1. The molecule has 0 spiro atoms. The molecule has 148 valence electrons. The normalized spacial score (nSPS) is 11.1. The Morgan fingerprint density at radius 2 is 1.83 bits per heavy atom. The highest BCUT2D eigenvalue weighted by molar-refractivity contribution is 7.22. The molecule has 0 radical (unpaired) electrons. The zero-order valence-corrected chi connectivity index (χ0v) is 17.7. The number of fused-ring (bicyclic) bond motifs is 2. The largest absolute Gasteiger partial charge is 0.497 e. The molecule has 2 aromatic heterocycles. The summed E-state index contributed by atoms with van der Waals surface area (Å²) in [5.74, 6) is 0.689. The van der Waals surface area contributed by atoms with Gasteiger partial charge in [0.1, 0.15) is 5.75 Å². The summed E-state index contributed by atoms with van der Waals surface area (Å²) in [6.07, 6.45) is 0. The van der Waals surface area contributed by atoms with Crippen LogP contribution in [0.25, 0.3) is 20.4 Å². The second kappa shape index (κ2) is 7.85. The molecule has 0 aliphatic rings. The molecule has 0 aliphatic carbocycles. The van der Waals surface area contributed by atoms with Crippen LogP contribution < -0.4 is 9.64 Å². The van der Waals surface area contributed by atoms with Crippen molar-refractivity contribution in [2.45, 2.75) is 6.54 Å². The summed E-state index contributed by atoms with van der Waals surface area (Å²) >= 11 is 3.02. The molecule has 0 aliphatic heterocycles. The van der Waals surface area contributed by atoms with Crippen molar-refractivity contribution >= 4 is 54.1 Å². The summed E-state index contributed by atoms with van der Waals surface area (Å²) in [5, 5.41) is 0.663. The fourth-order valence-electron chi connectivity index (χ4n) is 3.27. The topological polar surface area (TPSA) is 55.3 Å². The third-order valence-corrected chi connectivity index (χ3v) is 6.65. The van der Waals surface area contributed by atoms with Crippen molar-refractivity contribution in [1.29, 1.82) is 0 Å². The number of hydrogen-bond acceptors (Lipinski definition) is 6. The average molecular weight is 432 g/mol. The second-order valence-corrected chi connectivity index (χ2v) is 8.64. The lowest BCUT2D eigenvalue weighted by atomic mass is 10.1. The first-order valence-corrected chi connectivity index (χ1v) is 11.0. The molecule has 0 saturated carbocycles. The van der Waals surface area contributed by atoms with Gasteiger partial charge in [-0.05, 0) is 42.0 Å². The van der Waals surface area contributed by atoms with Crippen molar-refractivity contribution in [1.82, 2.24) is 9.97 Å². The smallest absolute Gasteiger partial charge is 0.260 e. The predicted octanol–water partition coefficient (Wildman–Crippen LogP) is 5.76. The highest BCUT2D eigenvalue weighted by Crippen LogP contribution is 2.33. The predicted molar refractivity (Wildman–Crippen MR) is 123 cm³/mol. The Bertz CT molecular complexity index is 1340. The van der Waals surface area contributed by atoms with E-state index in [0.717, 1.165) is 31.7 Å². The molecule has 30 heavy (non-hydrogen) atoms. The summed E-state index contributed by atoms with van der Waals surface area (Å²) < 4.78 is 7.31. The average Bonchev–Trinajstić information content (AvgIpc) is 3.43. The van der Waals surface area contributed by atoms with E-state index < -0.39 is 0 Å². The summed E-state index contributed by atoms with van der Waals surface area (Å²) in [6.45, 7) is 0.442. The lowest BCUT2D eigenvalue weighted by molar-refractivity contribution is 0.0985. The Labute approximate surface area is 181 Å². The van der Waals surface area contributed by atoms with Crippen LogP contribution >= 0.6 is 22.7 Å². The zero-order valence-electron chi connectivity index (χ0n) is 16.1. The monoisotopic (exact) mass is 431 g/mol. The molecule has 2 heterocycles. The number of carbonyl (C=O) groups excluding carboxylic acids is 1. The molecule has 0 bridgehead atoms. The van der Waals surface area contributed by atoms with E-state index >= 15 is 0 Å². The molecule has 0 unspecified atom stereocenters. The molecule has 3 aromatic carbocycles. The van der Waals surface area contributed by atoms with Gasteiger partial charge >= 0.3 is 0 Å². The Hall–Kier alpha value is -3.29. The van der Waals surface area contributed by atoms with Crippen molar-refractivity contribution < 1.29 is 9.53 Å². The van der Waals surface area contributed by atoms with E-state index in [1.165, 1.54) is 22.7 Å². The van der Waals surface area contributed by atoms with E-state index in [9.17, 15) is 4.79 Å². The minimum absolute atomic E-state index is 0.0832. The van der Waals surface area contributed by atoms with Crippen LogP contribution in [0.15, 0.2) is 72.2 Å². The van der Waals surface area contributed by atoms with Gasteiger partial charge in [-0.3, -0.25) is 9.69 Å². The summed E-state index contributed by atoms with van der Waals surface area (Å²) in [5.41, 5.74) is 5.21. The Kier molecular flexibility index (Phi) is 4.90. The first-order valence-electron chi connectivity index (χ1n) is 9.35. The minimum Gasteiger partial charge on any atom is -0.497 e. The van der Waals surface area contributed by atoms with Crippen LogP contribution in [0, 0.1) is 0 Å². The number of hydrogen-bond donors (Lipinski definition) is 0. The van der Waals surface area contributed by atoms with Crippen LogP contribution in [-0.4, -0.2) is 23.0 Å². The molecular formula is C23H17N3O2S2. The molecule has 5 aromatic rings. The quantitative estimate of drug-likeness (QED) is 0.355. The van der Waals surface area contributed by atoms with E-state index in [0.29, 0.717) is 17.2 Å². The maximum atomic E-state index is 13.6. The summed E-state index contributed by atoms with van der Waals surface area (Å²) in [6, 6.07) is 21.3. The maximum absolute atomic E-state index is 13.6. The number of aromatic nitrogens is 2. The van der Waals surface area contributed by atoms with Crippen molar-refractivity contribution in [3.05, 3.63) is 83.4 Å². The Balaban J connectivity index is 1.58. The van der Waals surface area contributed by atoms with Gasteiger partial charge in [-0.15, -0.1) is 11.3 Å². The molecular weight excluding hydrogens is 414 g/mol. The van der Waals surface area contributed by atoms with Crippen LogP contribution in [0.3, 0.4) is 0 Å². The number of nitrogens with zero attached hydrogens (tertiary/aromatic N) is 3. The van der Waals surface area contributed by atoms with E-state index in [1.807, 2.05) is 66.7 Å². The Morgan fingerprint density at radius 3 is 2.67 bits per heavy atom. The van der Waals surface area contributed by atoms with Gasteiger partial charge in [0.05, 0.1) is 39.6 Å². The van der Waals surface area contributed by atoms with Crippen LogP contribution in [0.4, 0.5) is 5.13 Å². The van der Waals surface area contributed by atoms with Gasteiger partial charge in [0.15, 0.2) is 5.13 Å². The molecule has 1 amide bonds. The molecule has 0 saturated heterocycles. The van der Waals surface area contributed by atoms with Crippen molar-refractivity contribution in [2.75, 3.05) is 12.0 Å². The number of ether oxygens (including phenoxy) is 1. The fourth-order valence-corrected chi connectivity index (χ4v) is 4.98. The molecule has 0 N–H and O–H groups in total. The van der Waals surface area contributed by atoms with Gasteiger partial charge in [-0.2, -0.15) is 0 Å². The van der Waals surface area contributed by atoms with Crippen LogP contribution in [0.2, 0.25) is 0 Å². The van der Waals surface area contributed by atoms with Crippen LogP contribution in [0.1, 0.15) is 15.9 Å². The first-order chi connectivity index (χ1) is 14.7. The third kappa shape index (κ3) is 3.53. The molecule has 5 rings (SSSR count). The number of benzene rings is 3. The minimum atomic E-state index is -0.0832. The molecule has 5 nitrogen and oxygen atoms in total. The highest BCUT2D eigenvalue weighted by Gasteiger charge is 2.22. The number of thiazole rings is 2.